The fourth-order valence-corrected chi connectivity index (χ4v) is 2.46. The molecule has 1 aliphatic carbocycles. The molecule has 102 valence electrons. The predicted molar refractivity (Wildman–Crippen MR) is 74.1 cm³/mol. The van der Waals surface area contributed by atoms with Crippen molar-refractivity contribution in [2.24, 2.45) is 0 Å². The molecule has 1 aliphatic rings. The van der Waals surface area contributed by atoms with E-state index in [1.807, 2.05) is 18.2 Å². The van der Waals surface area contributed by atoms with E-state index in [0.29, 0.717) is 30.6 Å². The number of nitriles is 1. The number of rotatable bonds is 5. The van der Waals surface area contributed by atoms with E-state index in [1.165, 1.54) is 38.5 Å². The predicted octanol–water partition coefficient (Wildman–Crippen LogP) is 3.68. The van der Waals surface area contributed by atoms with Crippen LogP contribution in [-0.2, 0) is 4.74 Å². The van der Waals surface area contributed by atoms with Gasteiger partial charge < -0.3 is 9.47 Å². The molecule has 1 aromatic carbocycles. The number of benzene rings is 1. The molecule has 19 heavy (non-hydrogen) atoms. The molecule has 0 spiro atoms. The first-order chi connectivity index (χ1) is 9.40. The Bertz CT molecular complexity index is 417. The topological polar surface area (TPSA) is 42.2 Å². The first kappa shape index (κ1) is 13.9. The van der Waals surface area contributed by atoms with Crippen molar-refractivity contribution >= 4 is 0 Å². The Labute approximate surface area is 115 Å². The molecule has 2 rings (SSSR count). The molecule has 0 aromatic heterocycles. The van der Waals surface area contributed by atoms with Crippen molar-refractivity contribution in [1.29, 1.82) is 5.26 Å². The Morgan fingerprint density at radius 3 is 2.53 bits per heavy atom. The minimum Gasteiger partial charge on any atom is -0.490 e. The Kier molecular flexibility index (Phi) is 5.71. The summed E-state index contributed by atoms with van der Waals surface area (Å²) >= 11 is 0. The summed E-state index contributed by atoms with van der Waals surface area (Å²) in [5.74, 6) is 0.648. The second-order valence-corrected chi connectivity index (χ2v) is 4.94. The van der Waals surface area contributed by atoms with Gasteiger partial charge in [-0.05, 0) is 25.0 Å². The van der Waals surface area contributed by atoms with Crippen molar-refractivity contribution in [2.45, 2.75) is 44.6 Å². The van der Waals surface area contributed by atoms with Gasteiger partial charge in [-0.1, -0.05) is 37.8 Å². The second kappa shape index (κ2) is 7.81. The van der Waals surface area contributed by atoms with Gasteiger partial charge in [0.25, 0.3) is 0 Å². The van der Waals surface area contributed by atoms with E-state index in [1.54, 1.807) is 6.07 Å². The zero-order valence-electron chi connectivity index (χ0n) is 11.3. The molecule has 0 N–H and O–H groups in total. The van der Waals surface area contributed by atoms with Crippen molar-refractivity contribution in [3.8, 4) is 11.8 Å². The molecule has 0 bridgehead atoms. The zero-order chi connectivity index (χ0) is 13.3. The smallest absolute Gasteiger partial charge is 0.137 e. The molecule has 0 atom stereocenters. The zero-order valence-corrected chi connectivity index (χ0v) is 11.3. The molecule has 0 aliphatic heterocycles. The molecule has 3 heteroatoms. The Hall–Kier alpha value is -1.53. The summed E-state index contributed by atoms with van der Waals surface area (Å²) in [6.07, 6.45) is 7.99. The lowest BCUT2D eigenvalue weighted by Gasteiger charge is -2.15. The molecular weight excluding hydrogens is 238 g/mol. The summed E-state index contributed by atoms with van der Waals surface area (Å²) < 4.78 is 11.5. The Morgan fingerprint density at radius 2 is 1.79 bits per heavy atom. The van der Waals surface area contributed by atoms with Gasteiger partial charge in [0.2, 0.25) is 0 Å². The third-order valence-corrected chi connectivity index (χ3v) is 3.50. The van der Waals surface area contributed by atoms with Crippen LogP contribution in [0.3, 0.4) is 0 Å². The summed E-state index contributed by atoms with van der Waals surface area (Å²) in [4.78, 5) is 0. The van der Waals surface area contributed by atoms with Crippen LogP contribution in [0.25, 0.3) is 0 Å². The molecule has 0 radical (unpaired) electrons. The van der Waals surface area contributed by atoms with Gasteiger partial charge in [-0.25, -0.2) is 0 Å². The van der Waals surface area contributed by atoms with Crippen molar-refractivity contribution in [3.05, 3.63) is 29.8 Å². The van der Waals surface area contributed by atoms with Gasteiger partial charge in [0.1, 0.15) is 18.4 Å². The maximum Gasteiger partial charge on any atom is 0.137 e. The number of ether oxygens (including phenoxy) is 2. The van der Waals surface area contributed by atoms with Crippen LogP contribution < -0.4 is 4.74 Å². The van der Waals surface area contributed by atoms with Crippen molar-refractivity contribution in [3.63, 3.8) is 0 Å². The summed E-state index contributed by atoms with van der Waals surface area (Å²) in [6, 6.07) is 9.44. The number of hydrogen-bond acceptors (Lipinski definition) is 3. The highest BCUT2D eigenvalue weighted by atomic mass is 16.5. The van der Waals surface area contributed by atoms with Gasteiger partial charge in [0, 0.05) is 0 Å². The Balaban J connectivity index is 1.70. The largest absolute Gasteiger partial charge is 0.490 e. The van der Waals surface area contributed by atoms with E-state index >= 15 is 0 Å². The minimum absolute atomic E-state index is 0.400. The molecule has 1 saturated carbocycles. The SMILES string of the molecule is N#Cc1ccccc1OCCOC1CCCCCC1. The monoisotopic (exact) mass is 259 g/mol. The Morgan fingerprint density at radius 1 is 1.05 bits per heavy atom. The van der Waals surface area contributed by atoms with Gasteiger partial charge in [-0.2, -0.15) is 5.26 Å². The number of nitrogens with zero attached hydrogens (tertiary/aromatic N) is 1. The third kappa shape index (κ3) is 4.57. The van der Waals surface area contributed by atoms with E-state index in [0.717, 1.165) is 0 Å². The molecule has 1 aromatic rings. The van der Waals surface area contributed by atoms with Crippen molar-refractivity contribution in [2.75, 3.05) is 13.2 Å². The summed E-state index contributed by atoms with van der Waals surface area (Å²) in [5, 5.41) is 8.95. The number of para-hydroxylation sites is 1. The molecule has 0 heterocycles. The van der Waals surface area contributed by atoms with Crippen molar-refractivity contribution < 1.29 is 9.47 Å². The summed E-state index contributed by atoms with van der Waals surface area (Å²) in [7, 11) is 0. The lowest BCUT2D eigenvalue weighted by atomic mass is 10.1. The number of hydrogen-bond donors (Lipinski definition) is 0. The first-order valence-electron chi connectivity index (χ1n) is 7.13. The third-order valence-electron chi connectivity index (χ3n) is 3.50. The fraction of sp³-hybridized carbons (Fsp3) is 0.562. The molecule has 0 unspecified atom stereocenters. The van der Waals surface area contributed by atoms with Crippen LogP contribution in [0, 0.1) is 11.3 Å². The van der Waals surface area contributed by atoms with E-state index in [-0.39, 0.29) is 0 Å². The van der Waals surface area contributed by atoms with Gasteiger partial charge in [-0.15, -0.1) is 0 Å². The molecular formula is C16H21NO2. The fourth-order valence-electron chi connectivity index (χ4n) is 2.46. The van der Waals surface area contributed by atoms with Gasteiger partial charge >= 0.3 is 0 Å². The van der Waals surface area contributed by atoms with Gasteiger partial charge in [0.15, 0.2) is 0 Å². The normalized spacial score (nSPS) is 16.6. The lowest BCUT2D eigenvalue weighted by Crippen LogP contribution is -2.16. The lowest BCUT2D eigenvalue weighted by molar-refractivity contribution is 0.0254. The van der Waals surface area contributed by atoms with Crippen molar-refractivity contribution in [1.82, 2.24) is 0 Å². The maximum atomic E-state index is 8.95. The van der Waals surface area contributed by atoms with E-state index < -0.39 is 0 Å². The first-order valence-corrected chi connectivity index (χ1v) is 7.13. The van der Waals surface area contributed by atoms with E-state index in [2.05, 4.69) is 6.07 Å². The molecule has 0 amide bonds. The molecule has 3 nitrogen and oxygen atoms in total. The average molecular weight is 259 g/mol. The maximum absolute atomic E-state index is 8.95. The van der Waals surface area contributed by atoms with E-state index in [9.17, 15) is 0 Å². The summed E-state index contributed by atoms with van der Waals surface area (Å²) in [6.45, 7) is 1.11. The van der Waals surface area contributed by atoms with Crippen LogP contribution >= 0.6 is 0 Å². The average Bonchev–Trinajstić information content (AvgIpc) is 2.72. The second-order valence-electron chi connectivity index (χ2n) is 4.94. The highest BCUT2D eigenvalue weighted by molar-refractivity contribution is 5.42. The minimum atomic E-state index is 0.400. The van der Waals surface area contributed by atoms with Crippen LogP contribution in [-0.4, -0.2) is 19.3 Å². The van der Waals surface area contributed by atoms with Crippen LogP contribution in [0.15, 0.2) is 24.3 Å². The highest BCUT2D eigenvalue weighted by Crippen LogP contribution is 2.20. The summed E-state index contributed by atoms with van der Waals surface area (Å²) in [5.41, 5.74) is 0.581. The van der Waals surface area contributed by atoms with E-state index in [4.69, 9.17) is 14.7 Å². The van der Waals surface area contributed by atoms with Gasteiger partial charge in [-0.3, -0.25) is 0 Å². The highest BCUT2D eigenvalue weighted by Gasteiger charge is 2.12. The van der Waals surface area contributed by atoms with Crippen LogP contribution in [0.5, 0.6) is 5.75 Å². The quantitative estimate of drug-likeness (QED) is 0.598. The van der Waals surface area contributed by atoms with Crippen LogP contribution in [0.4, 0.5) is 0 Å². The molecule has 0 saturated heterocycles. The standard InChI is InChI=1S/C16H21NO2/c17-13-14-7-5-6-10-16(14)19-12-11-18-15-8-3-1-2-4-9-15/h5-7,10,15H,1-4,8-9,11-12H2. The van der Waals surface area contributed by atoms with Crippen LogP contribution in [0.1, 0.15) is 44.1 Å². The molecule has 1 fully saturated rings. The van der Waals surface area contributed by atoms with Gasteiger partial charge in [0.05, 0.1) is 18.3 Å². The van der Waals surface area contributed by atoms with Crippen LogP contribution in [0.2, 0.25) is 0 Å².